The summed E-state index contributed by atoms with van der Waals surface area (Å²) < 4.78 is 8.08. The van der Waals surface area contributed by atoms with Gasteiger partial charge in [0.2, 0.25) is 5.82 Å². The highest BCUT2D eigenvalue weighted by Gasteiger charge is 2.24. The molecule has 2 aromatic rings. The van der Waals surface area contributed by atoms with Crippen molar-refractivity contribution in [3.63, 3.8) is 0 Å². The Balaban J connectivity index is 2.07. The minimum atomic E-state index is -0.403. The van der Waals surface area contributed by atoms with E-state index in [0.717, 1.165) is 23.7 Å². The van der Waals surface area contributed by atoms with Crippen LogP contribution in [0.25, 0.3) is 11.4 Å². The van der Waals surface area contributed by atoms with Crippen molar-refractivity contribution < 1.29 is 9.53 Å². The topological polar surface area (TPSA) is 57.0 Å². The summed E-state index contributed by atoms with van der Waals surface area (Å²) >= 11 is 3.48. The molecule has 1 aliphatic heterocycles. The molecular weight excluding hydrogens is 270 g/mol. The molecule has 0 spiro atoms. The second-order valence-electron chi connectivity index (χ2n) is 3.69. The fourth-order valence-electron chi connectivity index (χ4n) is 1.86. The van der Waals surface area contributed by atoms with Crippen LogP contribution in [0.5, 0.6) is 0 Å². The molecular formula is C11H11N3O2S2. The van der Waals surface area contributed by atoms with Gasteiger partial charge in [-0.05, 0) is 18.4 Å². The van der Waals surface area contributed by atoms with Crippen LogP contribution in [-0.2, 0) is 11.3 Å². The molecule has 0 saturated heterocycles. The van der Waals surface area contributed by atoms with Gasteiger partial charge in [-0.1, -0.05) is 0 Å². The van der Waals surface area contributed by atoms with Crippen molar-refractivity contribution >= 4 is 29.1 Å². The number of hydrogen-bond acceptors (Lipinski definition) is 6. The molecule has 0 atom stereocenters. The van der Waals surface area contributed by atoms with Crippen molar-refractivity contribution in [2.24, 2.45) is 0 Å². The van der Waals surface area contributed by atoms with E-state index in [-0.39, 0.29) is 0 Å². The zero-order chi connectivity index (χ0) is 12.5. The number of esters is 1. The summed E-state index contributed by atoms with van der Waals surface area (Å²) in [6, 6.07) is 2.02. The summed E-state index contributed by atoms with van der Waals surface area (Å²) in [7, 11) is 0. The van der Waals surface area contributed by atoms with Crippen LogP contribution in [0.15, 0.2) is 15.7 Å². The van der Waals surface area contributed by atoms with Gasteiger partial charge in [0.25, 0.3) is 0 Å². The lowest BCUT2D eigenvalue weighted by Gasteiger charge is -2.05. The minimum absolute atomic E-state index is 0.298. The highest BCUT2D eigenvalue weighted by Crippen LogP contribution is 2.38. The number of rotatable bonds is 2. The molecule has 0 N–H and O–H groups in total. The van der Waals surface area contributed by atoms with E-state index in [1.807, 2.05) is 16.0 Å². The molecule has 0 aliphatic carbocycles. The van der Waals surface area contributed by atoms with Crippen LogP contribution in [0.3, 0.4) is 0 Å². The number of hydrogen-bond donors (Lipinski definition) is 0. The number of fused-ring (bicyclic) bond motifs is 3. The van der Waals surface area contributed by atoms with Crippen LogP contribution < -0.4 is 0 Å². The quantitative estimate of drug-likeness (QED) is 0.790. The molecule has 1 aliphatic rings. The van der Waals surface area contributed by atoms with Crippen molar-refractivity contribution in [1.29, 1.82) is 0 Å². The van der Waals surface area contributed by atoms with Crippen LogP contribution >= 0.6 is 23.1 Å². The highest BCUT2D eigenvalue weighted by atomic mass is 32.2. The molecule has 3 rings (SSSR count). The van der Waals surface area contributed by atoms with Gasteiger partial charge in [-0.3, -0.25) is 0 Å². The molecule has 18 heavy (non-hydrogen) atoms. The molecule has 0 radical (unpaired) electrons. The van der Waals surface area contributed by atoms with E-state index >= 15 is 0 Å². The van der Waals surface area contributed by atoms with Crippen molar-refractivity contribution in [3.8, 4) is 11.4 Å². The molecule has 5 nitrogen and oxygen atoms in total. The van der Waals surface area contributed by atoms with Crippen LogP contribution in [0.1, 0.15) is 17.5 Å². The number of aromatic nitrogens is 3. The fraction of sp³-hybridized carbons (Fsp3) is 0.364. The Kier molecular flexibility index (Phi) is 3.09. The molecule has 0 unspecified atom stereocenters. The first-order valence-electron chi connectivity index (χ1n) is 5.62. The molecule has 3 heterocycles. The zero-order valence-corrected chi connectivity index (χ0v) is 11.4. The number of ether oxygens (including phenoxy) is 1. The number of carbonyl (C=O) groups is 1. The minimum Gasteiger partial charge on any atom is -0.460 e. The van der Waals surface area contributed by atoms with Gasteiger partial charge in [0.1, 0.15) is 0 Å². The van der Waals surface area contributed by atoms with E-state index in [4.69, 9.17) is 4.74 Å². The summed E-state index contributed by atoms with van der Waals surface area (Å²) in [6.07, 6.45) is 0. The van der Waals surface area contributed by atoms with Gasteiger partial charge in [-0.15, -0.1) is 33.3 Å². The Morgan fingerprint density at radius 3 is 3.28 bits per heavy atom. The Morgan fingerprint density at radius 2 is 2.44 bits per heavy atom. The largest absolute Gasteiger partial charge is 0.460 e. The third-order valence-electron chi connectivity index (χ3n) is 2.63. The molecule has 94 valence electrons. The summed E-state index contributed by atoms with van der Waals surface area (Å²) in [5, 5.41) is 10.1. The maximum absolute atomic E-state index is 11.8. The smallest absolute Gasteiger partial charge is 0.376 e. The summed E-state index contributed by atoms with van der Waals surface area (Å²) in [4.78, 5) is 11.8. The Hall–Kier alpha value is -1.34. The molecule has 0 aromatic carbocycles. The van der Waals surface area contributed by atoms with Gasteiger partial charge in [0, 0.05) is 17.9 Å². The predicted octanol–water partition coefficient (Wildman–Crippen LogP) is 2.29. The number of thiophene rings is 1. The maximum Gasteiger partial charge on any atom is 0.376 e. The Labute approximate surface area is 112 Å². The van der Waals surface area contributed by atoms with Crippen LogP contribution in [0, 0.1) is 0 Å². The van der Waals surface area contributed by atoms with Crippen molar-refractivity contribution in [3.05, 3.63) is 17.3 Å². The van der Waals surface area contributed by atoms with Gasteiger partial charge in [0.05, 0.1) is 10.8 Å². The fourth-order valence-corrected chi connectivity index (χ4v) is 3.94. The molecule has 0 fully saturated rings. The third-order valence-corrected chi connectivity index (χ3v) is 4.84. The second-order valence-corrected chi connectivity index (χ2v) is 5.97. The van der Waals surface area contributed by atoms with E-state index in [1.165, 1.54) is 4.21 Å². The van der Waals surface area contributed by atoms with E-state index in [2.05, 4.69) is 10.2 Å². The maximum atomic E-state index is 11.8. The summed E-state index contributed by atoms with van der Waals surface area (Å²) in [5.41, 5.74) is 1.06. The number of carbonyl (C=O) groups excluding carboxylic acids is 1. The summed E-state index contributed by atoms with van der Waals surface area (Å²) in [5.74, 6) is 1.57. The predicted molar refractivity (Wildman–Crippen MR) is 70.0 cm³/mol. The zero-order valence-electron chi connectivity index (χ0n) is 9.75. The number of thioether (sulfide) groups is 1. The lowest BCUT2D eigenvalue weighted by molar-refractivity contribution is 0.0506. The van der Waals surface area contributed by atoms with E-state index in [1.54, 1.807) is 30.0 Å². The van der Waals surface area contributed by atoms with Gasteiger partial charge in [0.15, 0.2) is 5.82 Å². The van der Waals surface area contributed by atoms with Crippen molar-refractivity contribution in [2.45, 2.75) is 17.7 Å². The molecule has 0 saturated carbocycles. The SMILES string of the molecule is CCOC(=O)c1nnc2n1CCSc1sccc1-2. The van der Waals surface area contributed by atoms with Crippen molar-refractivity contribution in [1.82, 2.24) is 14.8 Å². The van der Waals surface area contributed by atoms with Crippen LogP contribution in [0.4, 0.5) is 0 Å². The standard InChI is InChI=1S/C11H11N3O2S2/c1-2-16-10(15)9-13-12-8-7-3-5-17-11(7)18-6-4-14(8)9/h3,5H,2,4,6H2,1H3. The number of nitrogens with zero attached hydrogens (tertiary/aromatic N) is 3. The Morgan fingerprint density at radius 1 is 1.56 bits per heavy atom. The average molecular weight is 281 g/mol. The van der Waals surface area contributed by atoms with Gasteiger partial charge < -0.3 is 9.30 Å². The normalized spacial score (nSPS) is 13.6. The van der Waals surface area contributed by atoms with Crippen LogP contribution in [0.2, 0.25) is 0 Å². The Bertz CT molecular complexity index is 591. The molecule has 0 bridgehead atoms. The monoisotopic (exact) mass is 281 g/mol. The first-order valence-corrected chi connectivity index (χ1v) is 7.48. The van der Waals surface area contributed by atoms with E-state index in [9.17, 15) is 4.79 Å². The average Bonchev–Trinajstić information content (AvgIpc) is 2.93. The van der Waals surface area contributed by atoms with Crippen molar-refractivity contribution in [2.75, 3.05) is 12.4 Å². The van der Waals surface area contributed by atoms with Gasteiger partial charge >= 0.3 is 5.97 Å². The third kappa shape index (κ3) is 1.83. The highest BCUT2D eigenvalue weighted by molar-refractivity contribution is 8.01. The van der Waals surface area contributed by atoms with Gasteiger partial charge in [-0.25, -0.2) is 4.79 Å². The van der Waals surface area contributed by atoms with Gasteiger partial charge in [-0.2, -0.15) is 0 Å². The lowest BCUT2D eigenvalue weighted by atomic mass is 10.3. The summed E-state index contributed by atoms with van der Waals surface area (Å²) in [6.45, 7) is 2.85. The first-order chi connectivity index (χ1) is 8.81. The molecule has 0 amide bonds. The van der Waals surface area contributed by atoms with Crippen LogP contribution in [-0.4, -0.2) is 33.1 Å². The lowest BCUT2D eigenvalue weighted by Crippen LogP contribution is -2.14. The molecule has 7 heteroatoms. The molecule has 2 aromatic heterocycles. The first kappa shape index (κ1) is 11.7. The second kappa shape index (κ2) is 4.74. The van der Waals surface area contributed by atoms with E-state index in [0.29, 0.717) is 12.4 Å². The van der Waals surface area contributed by atoms with E-state index < -0.39 is 5.97 Å².